The third-order valence-electron chi connectivity index (χ3n) is 2.37. The first-order valence-electron chi connectivity index (χ1n) is 4.42. The van der Waals surface area contributed by atoms with Gasteiger partial charge in [-0.3, -0.25) is 0 Å². The van der Waals surface area contributed by atoms with Crippen LogP contribution in [0.4, 0.5) is 0 Å². The van der Waals surface area contributed by atoms with Crippen LogP contribution in [0.2, 0.25) is 0 Å². The molecular weight excluding hydrogens is 198 g/mol. The maximum atomic E-state index is 11.3. The lowest BCUT2D eigenvalue weighted by molar-refractivity contribution is 0.587. The van der Waals surface area contributed by atoms with E-state index in [1.807, 2.05) is 32.0 Å². The van der Waals surface area contributed by atoms with Gasteiger partial charge in [0, 0.05) is 0 Å². The monoisotopic (exact) mass is 213 g/mol. The average Bonchev–Trinajstić information content (AvgIpc) is 2.13. The van der Waals surface area contributed by atoms with Crippen LogP contribution in [-0.4, -0.2) is 15.5 Å². The summed E-state index contributed by atoms with van der Waals surface area (Å²) in [5.41, 5.74) is 3.03. The van der Waals surface area contributed by atoms with Gasteiger partial charge in [0.1, 0.15) is 0 Å². The molecule has 0 amide bonds. The number of hydrogen-bond acceptors (Lipinski definition) is 2. The van der Waals surface area contributed by atoms with Crippen molar-refractivity contribution in [3.8, 4) is 0 Å². The number of rotatable bonds is 3. The van der Waals surface area contributed by atoms with Crippen molar-refractivity contribution in [1.29, 1.82) is 0 Å². The van der Waals surface area contributed by atoms with Crippen LogP contribution >= 0.6 is 0 Å². The maximum Gasteiger partial charge on any atom is 0.215 e. The first-order chi connectivity index (χ1) is 6.46. The molecule has 1 rings (SSSR count). The molecular formula is C10H15NO2S. The first-order valence-corrected chi connectivity index (χ1v) is 6.08. The van der Waals surface area contributed by atoms with Crippen molar-refractivity contribution >= 4 is 10.0 Å². The fourth-order valence-electron chi connectivity index (χ4n) is 1.25. The fourth-order valence-corrected chi connectivity index (χ4v) is 2.11. The van der Waals surface area contributed by atoms with Crippen LogP contribution in [0.3, 0.4) is 0 Å². The van der Waals surface area contributed by atoms with Crippen LogP contribution in [0.1, 0.15) is 16.7 Å². The van der Waals surface area contributed by atoms with E-state index in [9.17, 15) is 8.42 Å². The van der Waals surface area contributed by atoms with E-state index in [4.69, 9.17) is 0 Å². The minimum absolute atomic E-state index is 0.0526. The van der Waals surface area contributed by atoms with Gasteiger partial charge in [0.25, 0.3) is 0 Å². The van der Waals surface area contributed by atoms with Gasteiger partial charge in [0.05, 0.1) is 5.75 Å². The van der Waals surface area contributed by atoms with Crippen LogP contribution in [0.15, 0.2) is 18.2 Å². The Morgan fingerprint density at radius 1 is 1.29 bits per heavy atom. The molecule has 14 heavy (non-hydrogen) atoms. The molecule has 1 aromatic rings. The van der Waals surface area contributed by atoms with E-state index in [1.165, 1.54) is 7.05 Å². The Kier molecular flexibility index (Phi) is 3.29. The van der Waals surface area contributed by atoms with Crippen molar-refractivity contribution in [2.24, 2.45) is 0 Å². The van der Waals surface area contributed by atoms with Gasteiger partial charge < -0.3 is 0 Å². The molecule has 0 fully saturated rings. The lowest BCUT2D eigenvalue weighted by Gasteiger charge is -2.08. The van der Waals surface area contributed by atoms with Gasteiger partial charge in [-0.05, 0) is 37.6 Å². The SMILES string of the molecule is CNS(=O)(=O)Cc1cccc(C)c1C. The highest BCUT2D eigenvalue weighted by Crippen LogP contribution is 2.14. The summed E-state index contributed by atoms with van der Waals surface area (Å²) < 4.78 is 25.0. The summed E-state index contributed by atoms with van der Waals surface area (Å²) in [5, 5.41) is 0. The van der Waals surface area contributed by atoms with E-state index in [2.05, 4.69) is 4.72 Å². The largest absolute Gasteiger partial charge is 0.218 e. The summed E-state index contributed by atoms with van der Waals surface area (Å²) in [5.74, 6) is 0.0526. The average molecular weight is 213 g/mol. The molecule has 0 heterocycles. The van der Waals surface area contributed by atoms with Gasteiger partial charge >= 0.3 is 0 Å². The summed E-state index contributed by atoms with van der Waals surface area (Å²) in [6.07, 6.45) is 0. The first kappa shape index (κ1) is 11.2. The second-order valence-electron chi connectivity index (χ2n) is 3.32. The van der Waals surface area contributed by atoms with E-state index in [-0.39, 0.29) is 5.75 Å². The smallest absolute Gasteiger partial charge is 0.215 e. The molecule has 0 saturated heterocycles. The summed E-state index contributed by atoms with van der Waals surface area (Å²) in [6, 6.07) is 5.70. The number of hydrogen-bond donors (Lipinski definition) is 1. The minimum Gasteiger partial charge on any atom is -0.218 e. The van der Waals surface area contributed by atoms with Crippen LogP contribution in [-0.2, 0) is 15.8 Å². The second-order valence-corrected chi connectivity index (χ2v) is 5.25. The van der Waals surface area contributed by atoms with Gasteiger partial charge in [-0.2, -0.15) is 0 Å². The zero-order valence-electron chi connectivity index (χ0n) is 8.66. The molecule has 0 aliphatic rings. The summed E-state index contributed by atoms with van der Waals surface area (Å²) in [4.78, 5) is 0. The highest BCUT2D eigenvalue weighted by atomic mass is 32.2. The van der Waals surface area contributed by atoms with Crippen molar-refractivity contribution in [3.63, 3.8) is 0 Å². The van der Waals surface area contributed by atoms with E-state index in [0.717, 1.165) is 16.7 Å². The molecule has 4 heteroatoms. The molecule has 78 valence electrons. The lowest BCUT2D eigenvalue weighted by atomic mass is 10.1. The van der Waals surface area contributed by atoms with Crippen LogP contribution in [0, 0.1) is 13.8 Å². The molecule has 0 atom stereocenters. The van der Waals surface area contributed by atoms with Crippen molar-refractivity contribution in [2.75, 3.05) is 7.05 Å². The summed E-state index contributed by atoms with van der Waals surface area (Å²) in [6.45, 7) is 3.92. The fraction of sp³-hybridized carbons (Fsp3) is 0.400. The van der Waals surface area contributed by atoms with Crippen LogP contribution in [0.5, 0.6) is 0 Å². The Hall–Kier alpha value is -0.870. The molecule has 0 saturated carbocycles. The number of benzene rings is 1. The number of aryl methyl sites for hydroxylation is 1. The number of sulfonamides is 1. The van der Waals surface area contributed by atoms with Gasteiger partial charge in [-0.25, -0.2) is 13.1 Å². The van der Waals surface area contributed by atoms with Crippen molar-refractivity contribution in [1.82, 2.24) is 4.72 Å². The molecule has 3 nitrogen and oxygen atoms in total. The Morgan fingerprint density at radius 3 is 2.50 bits per heavy atom. The van der Waals surface area contributed by atoms with Crippen LogP contribution in [0.25, 0.3) is 0 Å². The second kappa shape index (κ2) is 4.11. The zero-order valence-corrected chi connectivity index (χ0v) is 9.48. The third-order valence-corrected chi connectivity index (χ3v) is 3.69. The molecule has 0 aliphatic heterocycles. The third kappa shape index (κ3) is 2.56. The van der Waals surface area contributed by atoms with Crippen LogP contribution < -0.4 is 4.72 Å². The zero-order chi connectivity index (χ0) is 10.8. The number of nitrogens with one attached hydrogen (secondary N) is 1. The van der Waals surface area contributed by atoms with Gasteiger partial charge in [0.2, 0.25) is 10.0 Å². The molecule has 0 spiro atoms. The van der Waals surface area contributed by atoms with Crippen molar-refractivity contribution in [2.45, 2.75) is 19.6 Å². The summed E-state index contributed by atoms with van der Waals surface area (Å²) in [7, 11) is -1.73. The quantitative estimate of drug-likeness (QED) is 0.824. The Bertz CT molecular complexity index is 424. The molecule has 0 aromatic heterocycles. The Morgan fingerprint density at radius 2 is 1.93 bits per heavy atom. The minimum atomic E-state index is -3.16. The lowest BCUT2D eigenvalue weighted by Crippen LogP contribution is -2.20. The van der Waals surface area contributed by atoms with Crippen molar-refractivity contribution < 1.29 is 8.42 Å². The molecule has 1 N–H and O–H groups in total. The van der Waals surface area contributed by atoms with Crippen molar-refractivity contribution in [3.05, 3.63) is 34.9 Å². The highest BCUT2D eigenvalue weighted by Gasteiger charge is 2.10. The predicted octanol–water partition coefficient (Wildman–Crippen LogP) is 1.35. The predicted molar refractivity (Wildman–Crippen MR) is 57.6 cm³/mol. The van der Waals surface area contributed by atoms with Gasteiger partial charge in [-0.1, -0.05) is 18.2 Å². The molecule has 0 radical (unpaired) electrons. The standard InChI is InChI=1S/C10H15NO2S/c1-8-5-4-6-10(9(8)2)7-14(12,13)11-3/h4-6,11H,7H2,1-3H3. The highest BCUT2D eigenvalue weighted by molar-refractivity contribution is 7.88. The Balaban J connectivity index is 3.05. The van der Waals surface area contributed by atoms with E-state index in [0.29, 0.717) is 0 Å². The Labute approximate surface area is 85.2 Å². The molecule has 0 unspecified atom stereocenters. The molecule has 1 aromatic carbocycles. The molecule has 0 aliphatic carbocycles. The van der Waals surface area contributed by atoms with E-state index < -0.39 is 10.0 Å². The van der Waals surface area contributed by atoms with Gasteiger partial charge in [0.15, 0.2) is 0 Å². The summed E-state index contributed by atoms with van der Waals surface area (Å²) >= 11 is 0. The van der Waals surface area contributed by atoms with Gasteiger partial charge in [-0.15, -0.1) is 0 Å². The molecule has 0 bridgehead atoms. The normalized spacial score (nSPS) is 11.6. The van der Waals surface area contributed by atoms with E-state index in [1.54, 1.807) is 0 Å². The topological polar surface area (TPSA) is 46.2 Å². The maximum absolute atomic E-state index is 11.3. The van der Waals surface area contributed by atoms with E-state index >= 15 is 0 Å².